The summed E-state index contributed by atoms with van der Waals surface area (Å²) in [5.74, 6) is 3.02. The van der Waals surface area contributed by atoms with E-state index in [1.807, 2.05) is 19.1 Å². The SMILES string of the molecule is C=C(/C=C1/OCC2CC(C(C)C)C(C(C)C)CN2C(=O)/C1=C/C)c1cccc2sccc12. The predicted octanol–water partition coefficient (Wildman–Crippen LogP) is 6.92. The Morgan fingerprint density at radius 3 is 2.62 bits per heavy atom. The van der Waals surface area contributed by atoms with Gasteiger partial charge in [-0.3, -0.25) is 4.79 Å². The number of thiophene rings is 1. The van der Waals surface area contributed by atoms with Gasteiger partial charge >= 0.3 is 0 Å². The van der Waals surface area contributed by atoms with E-state index in [0.717, 1.165) is 24.1 Å². The third-order valence-corrected chi connectivity index (χ3v) is 8.16. The Morgan fingerprint density at radius 1 is 1.19 bits per heavy atom. The van der Waals surface area contributed by atoms with Crippen LogP contribution < -0.4 is 0 Å². The summed E-state index contributed by atoms with van der Waals surface area (Å²) in [6.07, 6.45) is 4.86. The van der Waals surface area contributed by atoms with Crippen molar-refractivity contribution in [1.29, 1.82) is 0 Å². The summed E-state index contributed by atoms with van der Waals surface area (Å²) in [7, 11) is 0. The van der Waals surface area contributed by atoms with E-state index in [1.165, 1.54) is 10.1 Å². The van der Waals surface area contributed by atoms with Gasteiger partial charge < -0.3 is 9.64 Å². The molecule has 3 atom stereocenters. The minimum atomic E-state index is 0.0932. The molecule has 0 N–H and O–H groups in total. The number of amides is 1. The zero-order valence-corrected chi connectivity index (χ0v) is 20.7. The zero-order chi connectivity index (χ0) is 23.0. The predicted molar refractivity (Wildman–Crippen MR) is 135 cm³/mol. The summed E-state index contributed by atoms with van der Waals surface area (Å²) in [6, 6.07) is 8.53. The highest BCUT2D eigenvalue weighted by Gasteiger charge is 2.43. The topological polar surface area (TPSA) is 29.5 Å². The fourth-order valence-electron chi connectivity index (χ4n) is 5.43. The standard InChI is InChI=1S/C28H35NO2S/c1-7-21-26(13-19(6)22-9-8-10-27-23(22)11-12-32-27)31-16-20-14-24(17(2)3)25(18(4)5)15-29(20)28(21)30/h7-13,17-18,20,24-25H,6,14-16H2,1-5H3/b21-7+,26-13+. The zero-order valence-electron chi connectivity index (χ0n) is 19.9. The Balaban J connectivity index is 1.66. The number of allylic oxidation sites excluding steroid dienone is 3. The van der Waals surface area contributed by atoms with Crippen molar-refractivity contribution in [3.63, 3.8) is 0 Å². The van der Waals surface area contributed by atoms with E-state index < -0.39 is 0 Å². The summed E-state index contributed by atoms with van der Waals surface area (Å²) in [6.45, 7) is 16.8. The molecule has 2 aliphatic heterocycles. The Morgan fingerprint density at radius 2 is 1.94 bits per heavy atom. The van der Waals surface area contributed by atoms with Crippen molar-refractivity contribution in [2.24, 2.45) is 23.7 Å². The highest BCUT2D eigenvalue weighted by molar-refractivity contribution is 7.17. The molecule has 2 saturated heterocycles. The lowest BCUT2D eigenvalue weighted by Gasteiger charge is -2.46. The van der Waals surface area contributed by atoms with Crippen LogP contribution >= 0.6 is 11.3 Å². The van der Waals surface area contributed by atoms with E-state index in [4.69, 9.17) is 4.74 Å². The van der Waals surface area contributed by atoms with E-state index in [-0.39, 0.29) is 11.9 Å². The van der Waals surface area contributed by atoms with Crippen molar-refractivity contribution < 1.29 is 9.53 Å². The summed E-state index contributed by atoms with van der Waals surface area (Å²) in [4.78, 5) is 15.7. The van der Waals surface area contributed by atoms with Crippen LogP contribution in [0.5, 0.6) is 0 Å². The van der Waals surface area contributed by atoms with Gasteiger partial charge in [-0.25, -0.2) is 0 Å². The van der Waals surface area contributed by atoms with Crippen molar-refractivity contribution in [1.82, 2.24) is 4.90 Å². The lowest BCUT2D eigenvalue weighted by molar-refractivity contribution is -0.134. The second-order valence-corrected chi connectivity index (χ2v) is 10.8. The van der Waals surface area contributed by atoms with Gasteiger partial charge in [-0.2, -0.15) is 0 Å². The molecule has 2 fully saturated rings. The van der Waals surface area contributed by atoms with Gasteiger partial charge in [0.25, 0.3) is 5.91 Å². The fourth-order valence-corrected chi connectivity index (χ4v) is 6.24. The average Bonchev–Trinajstić information content (AvgIpc) is 3.21. The van der Waals surface area contributed by atoms with E-state index in [9.17, 15) is 4.79 Å². The van der Waals surface area contributed by atoms with Crippen LogP contribution in [0.15, 0.2) is 59.7 Å². The van der Waals surface area contributed by atoms with Gasteiger partial charge in [-0.05, 0) is 71.7 Å². The van der Waals surface area contributed by atoms with Crippen molar-refractivity contribution in [3.8, 4) is 0 Å². The number of ether oxygens (including phenoxy) is 1. The van der Waals surface area contributed by atoms with Crippen LogP contribution in [-0.2, 0) is 9.53 Å². The number of nitrogens with zero attached hydrogens (tertiary/aromatic N) is 1. The first-order valence-electron chi connectivity index (χ1n) is 11.8. The molecule has 0 aliphatic carbocycles. The molecule has 4 heteroatoms. The highest BCUT2D eigenvalue weighted by atomic mass is 32.1. The maximum atomic E-state index is 13.7. The van der Waals surface area contributed by atoms with Gasteiger partial charge in [0.1, 0.15) is 12.4 Å². The minimum Gasteiger partial charge on any atom is -0.491 e. The molecule has 4 rings (SSSR count). The number of carbonyl (C=O) groups is 1. The second-order valence-electron chi connectivity index (χ2n) is 9.85. The third-order valence-electron chi connectivity index (χ3n) is 7.28. The molecule has 0 saturated carbocycles. The number of rotatable bonds is 4. The molecule has 3 heterocycles. The monoisotopic (exact) mass is 449 g/mol. The van der Waals surface area contributed by atoms with Crippen molar-refractivity contribution in [3.05, 3.63) is 65.3 Å². The third kappa shape index (κ3) is 4.17. The lowest BCUT2D eigenvalue weighted by Crippen LogP contribution is -2.53. The molecular formula is C28H35NO2S. The van der Waals surface area contributed by atoms with Crippen molar-refractivity contribution in [2.75, 3.05) is 13.2 Å². The first-order chi connectivity index (χ1) is 15.3. The molecule has 1 amide bonds. The number of carbonyl (C=O) groups excluding carboxylic acids is 1. The average molecular weight is 450 g/mol. The number of hydrogen-bond donors (Lipinski definition) is 0. The number of hydrogen-bond acceptors (Lipinski definition) is 3. The largest absolute Gasteiger partial charge is 0.491 e. The Kier molecular flexibility index (Phi) is 6.62. The van der Waals surface area contributed by atoms with Crippen LogP contribution in [0.2, 0.25) is 0 Å². The molecule has 3 nitrogen and oxygen atoms in total. The normalized spacial score (nSPS) is 26.7. The van der Waals surface area contributed by atoms with Gasteiger partial charge in [-0.1, -0.05) is 52.5 Å². The van der Waals surface area contributed by atoms with Crippen LogP contribution in [0.3, 0.4) is 0 Å². The van der Waals surface area contributed by atoms with Crippen LogP contribution in [0.25, 0.3) is 15.7 Å². The summed E-state index contributed by atoms with van der Waals surface area (Å²) in [5, 5.41) is 3.30. The molecule has 170 valence electrons. The summed E-state index contributed by atoms with van der Waals surface area (Å²) in [5.41, 5.74) is 2.61. The number of piperidine rings is 1. The molecule has 1 aromatic heterocycles. The van der Waals surface area contributed by atoms with Crippen molar-refractivity contribution >= 4 is 32.9 Å². The van der Waals surface area contributed by atoms with Gasteiger partial charge in [-0.15, -0.1) is 11.3 Å². The van der Waals surface area contributed by atoms with Gasteiger partial charge in [0.05, 0.1) is 11.6 Å². The molecule has 0 spiro atoms. The molecule has 0 bridgehead atoms. The van der Waals surface area contributed by atoms with E-state index in [0.29, 0.717) is 41.6 Å². The fraction of sp³-hybridized carbons (Fsp3) is 0.464. The Hall–Kier alpha value is -2.33. The van der Waals surface area contributed by atoms with Crippen LogP contribution in [0.4, 0.5) is 0 Å². The molecule has 2 aliphatic rings. The number of fused-ring (bicyclic) bond motifs is 2. The van der Waals surface area contributed by atoms with Gasteiger partial charge in [0.15, 0.2) is 0 Å². The first-order valence-corrected chi connectivity index (χ1v) is 12.7. The minimum absolute atomic E-state index is 0.0932. The smallest absolute Gasteiger partial charge is 0.257 e. The second kappa shape index (κ2) is 9.27. The maximum Gasteiger partial charge on any atom is 0.257 e. The highest BCUT2D eigenvalue weighted by Crippen LogP contribution is 2.40. The lowest BCUT2D eigenvalue weighted by atomic mass is 9.71. The van der Waals surface area contributed by atoms with Gasteiger partial charge in [0, 0.05) is 16.6 Å². The van der Waals surface area contributed by atoms with Crippen LogP contribution in [0, 0.1) is 23.7 Å². The Labute approximate surface area is 196 Å². The molecule has 1 aromatic carbocycles. The Bertz CT molecular complexity index is 1070. The summed E-state index contributed by atoms with van der Waals surface area (Å²) >= 11 is 1.73. The maximum absolute atomic E-state index is 13.7. The van der Waals surface area contributed by atoms with E-state index >= 15 is 0 Å². The first kappa shape index (κ1) is 22.8. The molecule has 3 unspecified atom stereocenters. The quantitative estimate of drug-likeness (QED) is 0.474. The summed E-state index contributed by atoms with van der Waals surface area (Å²) < 4.78 is 7.57. The van der Waals surface area contributed by atoms with Crippen LogP contribution in [0.1, 0.15) is 46.6 Å². The van der Waals surface area contributed by atoms with Gasteiger partial charge in [0.2, 0.25) is 0 Å². The molecular weight excluding hydrogens is 414 g/mol. The molecule has 2 aromatic rings. The van der Waals surface area contributed by atoms with Crippen molar-refractivity contribution in [2.45, 2.75) is 47.1 Å². The molecule has 0 radical (unpaired) electrons. The number of benzene rings is 1. The van der Waals surface area contributed by atoms with E-state index in [1.54, 1.807) is 11.3 Å². The molecule has 32 heavy (non-hydrogen) atoms. The van der Waals surface area contributed by atoms with Crippen LogP contribution in [-0.4, -0.2) is 30.0 Å². The van der Waals surface area contributed by atoms with E-state index in [2.05, 4.69) is 68.8 Å².